The molecule has 1 aliphatic rings. The van der Waals surface area contributed by atoms with Gasteiger partial charge in [0.05, 0.1) is 6.04 Å². The average Bonchev–Trinajstić information content (AvgIpc) is 3.06. The number of benzene rings is 3. The third kappa shape index (κ3) is 3.85. The van der Waals surface area contributed by atoms with E-state index in [0.717, 1.165) is 22.3 Å². The molecule has 0 bridgehead atoms. The van der Waals surface area contributed by atoms with Crippen molar-refractivity contribution >= 4 is 12.1 Å². The van der Waals surface area contributed by atoms with Gasteiger partial charge in [-0.25, -0.2) is 4.79 Å². The van der Waals surface area contributed by atoms with E-state index in [4.69, 9.17) is 4.74 Å². The fourth-order valence-corrected chi connectivity index (χ4v) is 3.97. The van der Waals surface area contributed by atoms with Crippen LogP contribution >= 0.6 is 0 Å². The molecule has 152 valence electrons. The summed E-state index contributed by atoms with van der Waals surface area (Å²) in [7, 11) is 0. The highest BCUT2D eigenvalue weighted by Gasteiger charge is 2.29. The number of fused-ring (bicyclic) bond motifs is 3. The summed E-state index contributed by atoms with van der Waals surface area (Å²) in [5.74, 6) is -1.56. The van der Waals surface area contributed by atoms with Crippen molar-refractivity contribution in [3.05, 3.63) is 89.5 Å². The van der Waals surface area contributed by atoms with E-state index in [2.05, 4.69) is 5.32 Å². The normalized spacial score (nSPS) is 13.2. The highest BCUT2D eigenvalue weighted by molar-refractivity contribution is 5.79. The lowest BCUT2D eigenvalue weighted by molar-refractivity contribution is -0.306. The molecular weight excluding hydrogens is 382 g/mol. The Bertz CT molecular complexity index is 1050. The minimum Gasteiger partial charge on any atom is -0.550 e. The maximum Gasteiger partial charge on any atom is 0.407 e. The number of hydrogen-bond acceptors (Lipinski definition) is 5. The topological polar surface area (TPSA) is 98.7 Å². The first-order chi connectivity index (χ1) is 14.5. The molecule has 4 rings (SSSR count). The lowest BCUT2D eigenvalue weighted by atomic mass is 9.98. The first-order valence-electron chi connectivity index (χ1n) is 9.64. The van der Waals surface area contributed by atoms with Crippen LogP contribution in [0.4, 0.5) is 4.79 Å². The lowest BCUT2D eigenvalue weighted by Gasteiger charge is -2.21. The van der Waals surface area contributed by atoms with E-state index in [1.165, 1.54) is 6.07 Å². The summed E-state index contributed by atoms with van der Waals surface area (Å²) in [4.78, 5) is 23.6. The van der Waals surface area contributed by atoms with E-state index in [0.29, 0.717) is 0 Å². The van der Waals surface area contributed by atoms with Crippen molar-refractivity contribution in [3.63, 3.8) is 0 Å². The molecule has 6 heteroatoms. The Balaban J connectivity index is 1.49. The predicted molar refractivity (Wildman–Crippen MR) is 109 cm³/mol. The number of aliphatic carboxylic acids is 1. The van der Waals surface area contributed by atoms with Crippen LogP contribution in [0.2, 0.25) is 0 Å². The van der Waals surface area contributed by atoms with E-state index < -0.39 is 24.5 Å². The molecule has 0 unspecified atom stereocenters. The largest absolute Gasteiger partial charge is 0.550 e. The number of carbonyl (C=O) groups excluding carboxylic acids is 2. The fraction of sp³-hybridized carbons (Fsp3) is 0.167. The summed E-state index contributed by atoms with van der Waals surface area (Å²) in [6.45, 7) is 0.110. The zero-order valence-corrected chi connectivity index (χ0v) is 16.1. The second-order valence-corrected chi connectivity index (χ2v) is 7.16. The van der Waals surface area contributed by atoms with Gasteiger partial charge in [-0.15, -0.1) is 0 Å². The summed E-state index contributed by atoms with van der Waals surface area (Å²) in [6.07, 6.45) is -1.24. The predicted octanol–water partition coefficient (Wildman–Crippen LogP) is 3.11. The van der Waals surface area contributed by atoms with Gasteiger partial charge in [0.15, 0.2) is 0 Å². The Morgan fingerprint density at radius 3 is 2.10 bits per heavy atom. The number of aromatic hydroxyl groups is 1. The van der Waals surface area contributed by atoms with Gasteiger partial charge in [0.1, 0.15) is 12.4 Å². The molecule has 6 nitrogen and oxygen atoms in total. The maximum absolute atomic E-state index is 12.5. The van der Waals surface area contributed by atoms with Crippen LogP contribution in [0.3, 0.4) is 0 Å². The second kappa shape index (κ2) is 8.29. The van der Waals surface area contributed by atoms with Gasteiger partial charge in [-0.1, -0.05) is 66.7 Å². The number of phenols is 1. The number of carboxylic acids is 1. The van der Waals surface area contributed by atoms with Crippen molar-refractivity contribution < 1.29 is 24.5 Å². The summed E-state index contributed by atoms with van der Waals surface area (Å²) in [6, 6.07) is 21.2. The molecule has 0 saturated heterocycles. The van der Waals surface area contributed by atoms with Gasteiger partial charge in [0.25, 0.3) is 0 Å². The second-order valence-electron chi connectivity index (χ2n) is 7.16. The maximum atomic E-state index is 12.5. The van der Waals surface area contributed by atoms with Crippen molar-refractivity contribution in [2.45, 2.75) is 18.4 Å². The molecule has 1 amide bonds. The van der Waals surface area contributed by atoms with Gasteiger partial charge in [-0.3, -0.25) is 0 Å². The van der Waals surface area contributed by atoms with E-state index in [9.17, 15) is 19.8 Å². The van der Waals surface area contributed by atoms with Crippen molar-refractivity contribution in [1.29, 1.82) is 0 Å². The quantitative estimate of drug-likeness (QED) is 0.660. The van der Waals surface area contributed by atoms with E-state index in [1.807, 2.05) is 48.5 Å². The van der Waals surface area contributed by atoms with Crippen LogP contribution in [-0.4, -0.2) is 23.8 Å². The first-order valence-corrected chi connectivity index (χ1v) is 9.64. The Labute approximate surface area is 173 Å². The zero-order valence-electron chi connectivity index (χ0n) is 16.1. The van der Waals surface area contributed by atoms with Gasteiger partial charge >= 0.3 is 6.09 Å². The molecule has 3 aromatic rings. The summed E-state index contributed by atoms with van der Waals surface area (Å²) in [5.41, 5.74) is 4.68. The first kappa shape index (κ1) is 19.5. The Morgan fingerprint density at radius 2 is 1.50 bits per heavy atom. The van der Waals surface area contributed by atoms with Crippen LogP contribution in [0, 0.1) is 0 Å². The molecule has 0 aliphatic heterocycles. The number of amides is 1. The molecule has 0 spiro atoms. The molecular formula is C24H20NO5-. The fourth-order valence-electron chi connectivity index (χ4n) is 3.97. The van der Waals surface area contributed by atoms with Crippen LogP contribution < -0.4 is 10.4 Å². The SMILES string of the molecule is O=C([O-])C[C@H](NC(=O)OCC1c2ccccc2-c2ccccc21)c1ccccc1O. The minimum absolute atomic E-state index is 0.104. The highest BCUT2D eigenvalue weighted by atomic mass is 16.5. The van der Waals surface area contributed by atoms with E-state index >= 15 is 0 Å². The van der Waals surface area contributed by atoms with Gasteiger partial charge in [0, 0.05) is 23.9 Å². The number of para-hydroxylation sites is 1. The van der Waals surface area contributed by atoms with E-state index in [1.54, 1.807) is 18.2 Å². The molecule has 2 N–H and O–H groups in total. The van der Waals surface area contributed by atoms with Gasteiger partial charge in [-0.05, 0) is 28.3 Å². The molecule has 0 aromatic heterocycles. The monoisotopic (exact) mass is 402 g/mol. The Kier molecular flexibility index (Phi) is 5.39. The summed E-state index contributed by atoms with van der Waals surface area (Å²) >= 11 is 0. The van der Waals surface area contributed by atoms with Gasteiger partial charge in [0.2, 0.25) is 0 Å². The van der Waals surface area contributed by atoms with Crippen molar-refractivity contribution in [1.82, 2.24) is 5.32 Å². The van der Waals surface area contributed by atoms with Gasteiger partial charge < -0.3 is 25.1 Å². The number of hydrogen-bond donors (Lipinski definition) is 2. The molecule has 1 aliphatic carbocycles. The van der Waals surface area contributed by atoms with Crippen molar-refractivity contribution in [2.24, 2.45) is 0 Å². The Morgan fingerprint density at radius 1 is 0.933 bits per heavy atom. The van der Waals surface area contributed by atoms with Crippen LogP contribution in [0.25, 0.3) is 11.1 Å². The number of carbonyl (C=O) groups is 2. The molecule has 0 saturated carbocycles. The number of carboxylic acid groups (broad SMARTS) is 1. The Hall–Kier alpha value is -3.80. The molecule has 1 atom stereocenters. The number of rotatable bonds is 6. The van der Waals surface area contributed by atoms with Crippen LogP contribution in [-0.2, 0) is 9.53 Å². The molecule has 0 fully saturated rings. The smallest absolute Gasteiger partial charge is 0.407 e. The zero-order chi connectivity index (χ0) is 21.1. The molecule has 30 heavy (non-hydrogen) atoms. The number of phenolic OH excluding ortho intramolecular Hbond substituents is 1. The molecule has 0 radical (unpaired) electrons. The number of nitrogens with one attached hydrogen (secondary N) is 1. The third-order valence-electron chi connectivity index (χ3n) is 5.32. The van der Waals surface area contributed by atoms with Crippen molar-refractivity contribution in [2.75, 3.05) is 6.61 Å². The van der Waals surface area contributed by atoms with Crippen molar-refractivity contribution in [3.8, 4) is 16.9 Å². The standard InChI is InChI=1S/C24H21NO5/c26-22-12-6-5-11-19(22)21(13-23(27)28)25-24(29)30-14-20-17-9-3-1-7-15(17)16-8-2-4-10-18(16)20/h1-12,20-21,26H,13-14H2,(H,25,29)(H,27,28)/p-1/t21-/m0/s1. The molecule has 0 heterocycles. The van der Waals surface area contributed by atoms with Crippen LogP contribution in [0.5, 0.6) is 5.75 Å². The lowest BCUT2D eigenvalue weighted by Crippen LogP contribution is -2.35. The van der Waals surface area contributed by atoms with Gasteiger partial charge in [-0.2, -0.15) is 0 Å². The highest BCUT2D eigenvalue weighted by Crippen LogP contribution is 2.44. The summed E-state index contributed by atoms with van der Waals surface area (Å²) in [5, 5.41) is 23.7. The summed E-state index contributed by atoms with van der Waals surface area (Å²) < 4.78 is 5.47. The average molecular weight is 402 g/mol. The number of alkyl carbamates (subject to hydrolysis) is 1. The number of ether oxygens (including phenoxy) is 1. The minimum atomic E-state index is -1.35. The molecule has 3 aromatic carbocycles. The van der Waals surface area contributed by atoms with E-state index in [-0.39, 0.29) is 23.8 Å². The third-order valence-corrected chi connectivity index (χ3v) is 5.32. The van der Waals surface area contributed by atoms with Crippen LogP contribution in [0.1, 0.15) is 35.1 Å². The van der Waals surface area contributed by atoms with Crippen LogP contribution in [0.15, 0.2) is 72.8 Å².